The Morgan fingerprint density at radius 3 is 2.41 bits per heavy atom. The van der Waals surface area contributed by atoms with Gasteiger partial charge in [0.15, 0.2) is 11.5 Å². The molecule has 0 aliphatic heterocycles. The van der Waals surface area contributed by atoms with Gasteiger partial charge in [-0.1, -0.05) is 12.1 Å². The summed E-state index contributed by atoms with van der Waals surface area (Å²) >= 11 is 0. The number of halogens is 1. The minimum absolute atomic E-state index is 0.186. The van der Waals surface area contributed by atoms with Gasteiger partial charge in [-0.3, -0.25) is 0 Å². The van der Waals surface area contributed by atoms with Gasteiger partial charge in [0.05, 0.1) is 20.3 Å². The Labute approximate surface area is 131 Å². The van der Waals surface area contributed by atoms with Crippen LogP contribution in [0.25, 0.3) is 0 Å². The van der Waals surface area contributed by atoms with Gasteiger partial charge in [-0.2, -0.15) is 0 Å². The van der Waals surface area contributed by atoms with Crippen LogP contribution in [0.2, 0.25) is 0 Å². The van der Waals surface area contributed by atoms with E-state index in [2.05, 4.69) is 11.4 Å². The molecule has 0 spiro atoms. The summed E-state index contributed by atoms with van der Waals surface area (Å²) in [6.07, 6.45) is 0.925. The molecule has 2 aromatic rings. The maximum atomic E-state index is 12.8. The van der Waals surface area contributed by atoms with E-state index in [1.807, 2.05) is 31.2 Å². The van der Waals surface area contributed by atoms with Crippen LogP contribution in [0.4, 0.5) is 4.39 Å². The molecule has 2 aromatic carbocycles. The van der Waals surface area contributed by atoms with Crippen LogP contribution in [0.3, 0.4) is 0 Å². The second-order valence-corrected chi connectivity index (χ2v) is 5.08. The Bertz CT molecular complexity index is 584. The molecule has 0 amide bonds. The molecule has 4 heteroatoms. The zero-order chi connectivity index (χ0) is 15.8. The molecule has 0 saturated heterocycles. The first kappa shape index (κ1) is 16.3. The lowest BCUT2D eigenvalue weighted by atomic mass is 10.1. The van der Waals surface area contributed by atoms with Crippen LogP contribution in [0.5, 0.6) is 11.5 Å². The first-order chi connectivity index (χ1) is 10.7. The third kappa shape index (κ3) is 4.74. The maximum absolute atomic E-state index is 12.8. The third-order valence-corrected chi connectivity index (χ3v) is 3.46. The van der Waals surface area contributed by atoms with Crippen molar-refractivity contribution in [3.63, 3.8) is 0 Å². The minimum Gasteiger partial charge on any atom is -0.493 e. The van der Waals surface area contributed by atoms with Gasteiger partial charge < -0.3 is 14.8 Å². The maximum Gasteiger partial charge on any atom is 0.161 e. The molecular formula is C18H23FNO2+. The SMILES string of the molecule is CCOc1cc(C[NH2+]CCc2ccc(F)cc2)ccc1OC. The van der Waals surface area contributed by atoms with Crippen molar-refractivity contribution in [1.29, 1.82) is 0 Å². The molecule has 3 nitrogen and oxygen atoms in total. The van der Waals surface area contributed by atoms with E-state index >= 15 is 0 Å². The number of rotatable bonds is 8. The van der Waals surface area contributed by atoms with Crippen molar-refractivity contribution in [1.82, 2.24) is 0 Å². The lowest BCUT2D eigenvalue weighted by molar-refractivity contribution is -0.670. The highest BCUT2D eigenvalue weighted by Crippen LogP contribution is 2.27. The molecule has 22 heavy (non-hydrogen) atoms. The van der Waals surface area contributed by atoms with Gasteiger partial charge in [0.1, 0.15) is 12.4 Å². The number of hydrogen-bond donors (Lipinski definition) is 1. The number of nitrogens with two attached hydrogens (primary N) is 1. The molecule has 0 fully saturated rings. The Morgan fingerprint density at radius 1 is 1.00 bits per heavy atom. The van der Waals surface area contributed by atoms with Crippen LogP contribution < -0.4 is 14.8 Å². The normalized spacial score (nSPS) is 10.5. The number of hydrogen-bond acceptors (Lipinski definition) is 2. The van der Waals surface area contributed by atoms with Crippen LogP contribution in [0, 0.1) is 5.82 Å². The lowest BCUT2D eigenvalue weighted by Crippen LogP contribution is -2.83. The Kier molecular flexibility index (Phi) is 6.22. The summed E-state index contributed by atoms with van der Waals surface area (Å²) in [5.74, 6) is 1.36. The zero-order valence-corrected chi connectivity index (χ0v) is 13.1. The van der Waals surface area contributed by atoms with Crippen LogP contribution in [-0.2, 0) is 13.0 Å². The van der Waals surface area contributed by atoms with E-state index in [9.17, 15) is 4.39 Å². The Hall–Kier alpha value is -2.07. The topological polar surface area (TPSA) is 35.1 Å². The number of quaternary nitrogens is 1. The molecule has 118 valence electrons. The van der Waals surface area contributed by atoms with E-state index in [0.717, 1.165) is 36.6 Å². The Morgan fingerprint density at radius 2 is 1.73 bits per heavy atom. The fourth-order valence-electron chi connectivity index (χ4n) is 2.30. The molecular weight excluding hydrogens is 281 g/mol. The van der Waals surface area contributed by atoms with Crippen molar-refractivity contribution >= 4 is 0 Å². The quantitative estimate of drug-likeness (QED) is 0.761. The summed E-state index contributed by atoms with van der Waals surface area (Å²) in [7, 11) is 1.65. The summed E-state index contributed by atoms with van der Waals surface area (Å²) in [5.41, 5.74) is 2.35. The summed E-state index contributed by atoms with van der Waals surface area (Å²) in [6, 6.07) is 12.7. The number of ether oxygens (including phenoxy) is 2. The van der Waals surface area contributed by atoms with Gasteiger partial charge in [0, 0.05) is 12.0 Å². The van der Waals surface area contributed by atoms with Gasteiger partial charge in [-0.05, 0) is 42.8 Å². The highest BCUT2D eigenvalue weighted by atomic mass is 19.1. The zero-order valence-electron chi connectivity index (χ0n) is 13.1. The van der Waals surface area contributed by atoms with E-state index in [4.69, 9.17) is 9.47 Å². The minimum atomic E-state index is -0.186. The largest absolute Gasteiger partial charge is 0.493 e. The number of methoxy groups -OCH3 is 1. The van der Waals surface area contributed by atoms with Gasteiger partial charge in [0.25, 0.3) is 0 Å². The molecule has 0 saturated carbocycles. The molecule has 2 N–H and O–H groups in total. The molecule has 0 aliphatic rings. The Balaban J connectivity index is 1.83. The summed E-state index contributed by atoms with van der Waals surface area (Å²) in [5, 5.41) is 2.24. The fraction of sp³-hybridized carbons (Fsp3) is 0.333. The first-order valence-electron chi connectivity index (χ1n) is 7.58. The van der Waals surface area contributed by atoms with E-state index in [1.54, 1.807) is 7.11 Å². The third-order valence-electron chi connectivity index (χ3n) is 3.46. The second-order valence-electron chi connectivity index (χ2n) is 5.08. The summed E-state index contributed by atoms with van der Waals surface area (Å²) in [4.78, 5) is 0. The van der Waals surface area contributed by atoms with Crippen LogP contribution in [0.1, 0.15) is 18.1 Å². The fourth-order valence-corrected chi connectivity index (χ4v) is 2.30. The van der Waals surface area contributed by atoms with Crippen molar-refractivity contribution in [2.24, 2.45) is 0 Å². The first-order valence-corrected chi connectivity index (χ1v) is 7.58. The van der Waals surface area contributed by atoms with E-state index in [0.29, 0.717) is 6.61 Å². The van der Waals surface area contributed by atoms with Crippen molar-refractivity contribution in [2.75, 3.05) is 20.3 Å². The van der Waals surface area contributed by atoms with E-state index in [-0.39, 0.29) is 5.82 Å². The monoisotopic (exact) mass is 304 g/mol. The highest BCUT2D eigenvalue weighted by molar-refractivity contribution is 5.42. The van der Waals surface area contributed by atoms with Crippen molar-refractivity contribution in [2.45, 2.75) is 19.9 Å². The van der Waals surface area contributed by atoms with E-state index in [1.165, 1.54) is 17.7 Å². The predicted octanol–water partition coefficient (Wildman–Crippen LogP) is 2.54. The van der Waals surface area contributed by atoms with Gasteiger partial charge in [0.2, 0.25) is 0 Å². The smallest absolute Gasteiger partial charge is 0.161 e. The van der Waals surface area contributed by atoms with Crippen LogP contribution >= 0.6 is 0 Å². The summed E-state index contributed by atoms with van der Waals surface area (Å²) < 4.78 is 23.7. The van der Waals surface area contributed by atoms with Crippen molar-refractivity contribution in [3.8, 4) is 11.5 Å². The van der Waals surface area contributed by atoms with Gasteiger partial charge in [-0.25, -0.2) is 4.39 Å². The van der Waals surface area contributed by atoms with E-state index < -0.39 is 0 Å². The van der Waals surface area contributed by atoms with Crippen molar-refractivity contribution in [3.05, 3.63) is 59.4 Å². The molecule has 2 rings (SSSR count). The standard InChI is InChI=1S/C18H22FNO2/c1-3-22-18-12-15(6-9-17(18)21-2)13-20-11-10-14-4-7-16(19)8-5-14/h4-9,12,20H,3,10-11,13H2,1-2H3/p+1. The molecule has 0 heterocycles. The highest BCUT2D eigenvalue weighted by Gasteiger charge is 2.06. The van der Waals surface area contributed by atoms with Gasteiger partial charge >= 0.3 is 0 Å². The lowest BCUT2D eigenvalue weighted by Gasteiger charge is -2.10. The van der Waals surface area contributed by atoms with Crippen molar-refractivity contribution < 1.29 is 19.2 Å². The van der Waals surface area contributed by atoms with Crippen LogP contribution in [0.15, 0.2) is 42.5 Å². The molecule has 0 bridgehead atoms. The van der Waals surface area contributed by atoms with Gasteiger partial charge in [-0.15, -0.1) is 0 Å². The predicted molar refractivity (Wildman–Crippen MR) is 84.8 cm³/mol. The summed E-state index contributed by atoms with van der Waals surface area (Å²) in [6.45, 7) is 4.42. The average molecular weight is 304 g/mol. The van der Waals surface area contributed by atoms with Crippen LogP contribution in [-0.4, -0.2) is 20.3 Å². The second kappa shape index (κ2) is 8.39. The molecule has 0 aromatic heterocycles. The molecule has 0 atom stereocenters. The molecule has 0 radical (unpaired) electrons. The average Bonchev–Trinajstić information content (AvgIpc) is 2.54. The number of benzene rings is 2. The molecule has 0 unspecified atom stereocenters. The molecule has 0 aliphatic carbocycles.